The molecule has 3 heterocycles. The molecule has 2 aromatic carbocycles. The van der Waals surface area contributed by atoms with Crippen molar-refractivity contribution in [1.29, 1.82) is 0 Å². The van der Waals surface area contributed by atoms with E-state index < -0.39 is 0 Å². The second-order valence-corrected chi connectivity index (χ2v) is 9.37. The third-order valence-electron chi connectivity index (χ3n) is 5.20. The number of nitrogens with one attached hydrogen (secondary N) is 2. The lowest BCUT2D eigenvalue weighted by Gasteiger charge is -2.25. The molecule has 0 aliphatic carbocycles. The number of aryl methyl sites for hydroxylation is 1. The van der Waals surface area contributed by atoms with Crippen LogP contribution in [0.1, 0.15) is 11.3 Å². The molecule has 0 fully saturated rings. The predicted molar refractivity (Wildman–Crippen MR) is 140 cm³/mol. The number of carbonyl (C=O) groups is 1. The van der Waals surface area contributed by atoms with Crippen LogP contribution in [0.25, 0.3) is 5.57 Å². The summed E-state index contributed by atoms with van der Waals surface area (Å²) in [6.45, 7) is 1.90. The molecule has 1 atom stereocenters. The molecule has 2 aliphatic heterocycles. The first-order chi connectivity index (χ1) is 16.6. The topological polar surface area (TPSA) is 91.2 Å². The zero-order chi connectivity index (χ0) is 23.5. The van der Waals surface area contributed by atoms with Gasteiger partial charge in [0.25, 0.3) is 0 Å². The smallest absolute Gasteiger partial charge is 0.236 e. The van der Waals surface area contributed by atoms with Crippen LogP contribution < -0.4 is 20.4 Å². The zero-order valence-electron chi connectivity index (χ0n) is 18.6. The van der Waals surface area contributed by atoms with Crippen LogP contribution in [0.2, 0.25) is 0 Å². The molecule has 0 saturated carbocycles. The summed E-state index contributed by atoms with van der Waals surface area (Å²) in [5.41, 5.74) is 8.02. The van der Waals surface area contributed by atoms with E-state index in [0.717, 1.165) is 34.0 Å². The molecule has 10 heteroatoms. The van der Waals surface area contributed by atoms with Crippen molar-refractivity contribution in [3.8, 4) is 5.75 Å². The van der Waals surface area contributed by atoms with Crippen LogP contribution in [0.5, 0.6) is 5.75 Å². The number of anilines is 2. The number of hydrazone groups is 1. The number of thioether (sulfide) groups is 1. The molecule has 1 aromatic heterocycles. The molecule has 5 rings (SSSR count). The number of amidine groups is 1. The van der Waals surface area contributed by atoms with Gasteiger partial charge >= 0.3 is 0 Å². The molecule has 2 aliphatic rings. The summed E-state index contributed by atoms with van der Waals surface area (Å²) >= 11 is 2.77. The van der Waals surface area contributed by atoms with Crippen molar-refractivity contribution < 1.29 is 9.53 Å². The summed E-state index contributed by atoms with van der Waals surface area (Å²) in [4.78, 5) is 23.4. The maximum atomic E-state index is 12.5. The number of allylic oxidation sites excluding steroid dienone is 1. The number of methoxy groups -OCH3 is 1. The number of amides is 1. The molecule has 1 amide bonds. The average Bonchev–Trinajstić information content (AvgIpc) is 3.57. The maximum Gasteiger partial charge on any atom is 0.236 e. The lowest BCUT2D eigenvalue weighted by molar-refractivity contribution is -0.113. The van der Waals surface area contributed by atoms with Crippen molar-refractivity contribution in [3.05, 3.63) is 71.2 Å². The monoisotopic (exact) mass is 490 g/mol. The SMILES string of the molecule is COc1cccc(N2C(SCC(=O)Nc3nc(C)cs3)=NNC2C=C2C=Nc3ccccc32)c1. The van der Waals surface area contributed by atoms with Gasteiger partial charge in [-0.25, -0.2) is 4.98 Å². The van der Waals surface area contributed by atoms with Crippen molar-refractivity contribution in [2.45, 2.75) is 13.1 Å². The van der Waals surface area contributed by atoms with Gasteiger partial charge in [-0.15, -0.1) is 11.3 Å². The molecule has 1 unspecified atom stereocenters. The molecule has 172 valence electrons. The summed E-state index contributed by atoms with van der Waals surface area (Å²) in [5.74, 6) is 0.809. The molecular weight excluding hydrogens is 468 g/mol. The number of hydrogen-bond acceptors (Lipinski definition) is 9. The Morgan fingerprint density at radius 3 is 3.00 bits per heavy atom. The number of nitrogens with zero attached hydrogens (tertiary/aromatic N) is 4. The van der Waals surface area contributed by atoms with E-state index in [-0.39, 0.29) is 17.8 Å². The number of fused-ring (bicyclic) bond motifs is 1. The van der Waals surface area contributed by atoms with Gasteiger partial charge in [-0.05, 0) is 31.2 Å². The Morgan fingerprint density at radius 2 is 2.18 bits per heavy atom. The van der Waals surface area contributed by atoms with Crippen LogP contribution in [-0.4, -0.2) is 41.3 Å². The summed E-state index contributed by atoms with van der Waals surface area (Å²) in [7, 11) is 1.64. The first kappa shape index (κ1) is 22.2. The third-order valence-corrected chi connectivity index (χ3v) is 7.03. The van der Waals surface area contributed by atoms with Crippen LogP contribution in [-0.2, 0) is 4.79 Å². The maximum absolute atomic E-state index is 12.5. The van der Waals surface area contributed by atoms with Gasteiger partial charge in [-0.2, -0.15) is 5.10 Å². The summed E-state index contributed by atoms with van der Waals surface area (Å²) in [6.07, 6.45) is 3.70. The number of aliphatic imine (C=N–C) groups is 1. The van der Waals surface area contributed by atoms with Crippen LogP contribution in [0.3, 0.4) is 0 Å². The fourth-order valence-corrected chi connectivity index (χ4v) is 5.15. The fourth-order valence-electron chi connectivity index (χ4n) is 3.64. The summed E-state index contributed by atoms with van der Waals surface area (Å²) in [6, 6.07) is 15.8. The van der Waals surface area contributed by atoms with Crippen molar-refractivity contribution in [3.63, 3.8) is 0 Å². The first-order valence-electron chi connectivity index (χ1n) is 10.6. The normalized spacial score (nSPS) is 17.5. The Morgan fingerprint density at radius 1 is 1.29 bits per heavy atom. The number of benzene rings is 2. The van der Waals surface area contributed by atoms with Crippen LogP contribution in [0.4, 0.5) is 16.5 Å². The van der Waals surface area contributed by atoms with Crippen LogP contribution in [0, 0.1) is 6.92 Å². The van der Waals surface area contributed by atoms with E-state index in [4.69, 9.17) is 4.74 Å². The van der Waals surface area contributed by atoms with Gasteiger partial charge in [0.2, 0.25) is 5.91 Å². The first-order valence-corrected chi connectivity index (χ1v) is 12.4. The Bertz CT molecular complexity index is 1320. The molecule has 0 saturated heterocycles. The lowest BCUT2D eigenvalue weighted by atomic mass is 10.1. The molecule has 0 spiro atoms. The highest BCUT2D eigenvalue weighted by atomic mass is 32.2. The minimum absolute atomic E-state index is 0.133. The van der Waals surface area contributed by atoms with Gasteiger partial charge in [0.15, 0.2) is 10.3 Å². The summed E-state index contributed by atoms with van der Waals surface area (Å²) in [5, 5.41) is 10.6. The van der Waals surface area contributed by atoms with E-state index in [1.54, 1.807) is 7.11 Å². The molecule has 0 radical (unpaired) electrons. The number of para-hydroxylation sites is 1. The highest BCUT2D eigenvalue weighted by Gasteiger charge is 2.30. The van der Waals surface area contributed by atoms with E-state index in [0.29, 0.717) is 10.3 Å². The standard InChI is InChI=1S/C24H22N6O2S2/c1-15-13-33-23(26-15)27-22(31)14-34-24-29-28-21(30(24)17-6-5-7-18(11-17)32-2)10-16-12-25-20-9-4-3-8-19(16)20/h3-13,21,28H,14H2,1-2H3,(H,26,27,31). The van der Waals surface area contributed by atoms with Gasteiger partial charge in [0.1, 0.15) is 11.9 Å². The molecule has 0 bridgehead atoms. The number of carbonyl (C=O) groups excluding carboxylic acids is 1. The summed E-state index contributed by atoms with van der Waals surface area (Å²) < 4.78 is 5.43. The predicted octanol–water partition coefficient (Wildman–Crippen LogP) is 4.64. The molecule has 2 N–H and O–H groups in total. The van der Waals surface area contributed by atoms with Crippen molar-refractivity contribution >= 4 is 62.5 Å². The second kappa shape index (κ2) is 9.70. The Hall–Kier alpha value is -3.63. The van der Waals surface area contributed by atoms with Crippen LogP contribution in [0.15, 0.2) is 70.1 Å². The number of ether oxygens (including phenoxy) is 1. The van der Waals surface area contributed by atoms with E-state index >= 15 is 0 Å². The van der Waals surface area contributed by atoms with Gasteiger partial charge in [0.05, 0.1) is 24.2 Å². The minimum atomic E-state index is -0.258. The van der Waals surface area contributed by atoms with E-state index in [1.807, 2.05) is 61.0 Å². The molecular formula is C24H22N6O2S2. The van der Waals surface area contributed by atoms with Crippen molar-refractivity contribution in [1.82, 2.24) is 10.4 Å². The average molecular weight is 491 g/mol. The van der Waals surface area contributed by atoms with E-state index in [1.165, 1.54) is 23.1 Å². The second-order valence-electron chi connectivity index (χ2n) is 7.57. The third kappa shape index (κ3) is 4.68. The number of rotatable bonds is 6. The van der Waals surface area contributed by atoms with Gasteiger partial charge < -0.3 is 10.1 Å². The largest absolute Gasteiger partial charge is 0.497 e. The highest BCUT2D eigenvalue weighted by molar-refractivity contribution is 8.14. The molecule has 34 heavy (non-hydrogen) atoms. The Labute approximate surface area is 205 Å². The van der Waals surface area contributed by atoms with Crippen molar-refractivity contribution in [2.75, 3.05) is 23.1 Å². The minimum Gasteiger partial charge on any atom is -0.497 e. The number of thiazole rings is 1. The molecule has 8 nitrogen and oxygen atoms in total. The lowest BCUT2D eigenvalue weighted by Crippen LogP contribution is -2.38. The quantitative estimate of drug-likeness (QED) is 0.523. The fraction of sp³-hybridized carbons (Fsp3) is 0.167. The van der Waals surface area contributed by atoms with Crippen molar-refractivity contribution in [2.24, 2.45) is 10.1 Å². The number of hydrogen-bond donors (Lipinski definition) is 2. The zero-order valence-corrected chi connectivity index (χ0v) is 20.2. The van der Waals surface area contributed by atoms with Gasteiger partial charge in [0, 0.05) is 34.5 Å². The Balaban J connectivity index is 1.37. The highest BCUT2D eigenvalue weighted by Crippen LogP contribution is 2.34. The van der Waals surface area contributed by atoms with Gasteiger partial charge in [-0.1, -0.05) is 36.0 Å². The van der Waals surface area contributed by atoms with Crippen LogP contribution >= 0.6 is 23.1 Å². The van der Waals surface area contributed by atoms with Gasteiger partial charge in [-0.3, -0.25) is 20.1 Å². The van der Waals surface area contributed by atoms with E-state index in [9.17, 15) is 4.79 Å². The molecule has 3 aromatic rings. The number of aromatic nitrogens is 1. The van der Waals surface area contributed by atoms with E-state index in [2.05, 4.69) is 42.9 Å². The Kier molecular flexibility index (Phi) is 6.33.